The summed E-state index contributed by atoms with van der Waals surface area (Å²) in [6, 6.07) is -0.537. The van der Waals surface area contributed by atoms with Gasteiger partial charge in [-0.05, 0) is 27.7 Å². The Kier molecular flexibility index (Phi) is 5.65. The monoisotopic (exact) mass is 372 g/mol. The highest BCUT2D eigenvalue weighted by molar-refractivity contribution is 7.89. The van der Waals surface area contributed by atoms with Gasteiger partial charge in [0.2, 0.25) is 0 Å². The Morgan fingerprint density at radius 2 is 1.12 bits per heavy atom. The highest BCUT2D eigenvalue weighted by Crippen LogP contribution is 2.15. The van der Waals surface area contributed by atoms with Crippen LogP contribution in [0.5, 0.6) is 0 Å². The minimum Gasteiger partial charge on any atom is -0.317 e. The van der Waals surface area contributed by atoms with Gasteiger partial charge in [-0.3, -0.25) is 9.80 Å². The van der Waals surface area contributed by atoms with E-state index in [1.54, 1.807) is 13.8 Å². The van der Waals surface area contributed by atoms with Crippen LogP contribution in [0.25, 0.3) is 0 Å². The average Bonchev–Trinajstić information content (AvgIpc) is 3.02. The minimum absolute atomic E-state index is 0.130. The number of hydrogen-bond donors (Lipinski definition) is 0. The van der Waals surface area contributed by atoms with Crippen molar-refractivity contribution in [2.24, 2.45) is 8.80 Å². The molecule has 0 aromatic heterocycles. The second-order valence-electron chi connectivity index (χ2n) is 5.54. The number of carbonyl (C=O) groups excluding carboxylic acids is 2. The SMILES string of the molecule is CCN1CC(=NS(=O)(=O)N=C2CN(CC)C(=O)N2CC)N(CC)C1=O. The van der Waals surface area contributed by atoms with Crippen LogP contribution in [0.15, 0.2) is 8.80 Å². The molecule has 2 aliphatic heterocycles. The molecule has 0 aromatic carbocycles. The van der Waals surface area contributed by atoms with Crippen molar-refractivity contribution in [2.45, 2.75) is 27.7 Å². The van der Waals surface area contributed by atoms with Gasteiger partial charge in [0.05, 0.1) is 13.1 Å². The Hall–Kier alpha value is -2.17. The van der Waals surface area contributed by atoms with Crippen LogP contribution in [0, 0.1) is 0 Å². The molecule has 10 nitrogen and oxygen atoms in total. The Bertz CT molecular complexity index is 663. The molecule has 0 bridgehead atoms. The molecule has 0 spiro atoms. The predicted molar refractivity (Wildman–Crippen MR) is 93.8 cm³/mol. The molecule has 2 saturated heterocycles. The normalized spacial score (nSPS) is 22.2. The second-order valence-corrected chi connectivity index (χ2v) is 6.81. The van der Waals surface area contributed by atoms with Crippen molar-refractivity contribution in [3.63, 3.8) is 0 Å². The van der Waals surface area contributed by atoms with Crippen LogP contribution in [0.1, 0.15) is 27.7 Å². The summed E-state index contributed by atoms with van der Waals surface area (Å²) in [7, 11) is -4.21. The summed E-state index contributed by atoms with van der Waals surface area (Å²) in [4.78, 5) is 29.9. The molecule has 0 aromatic rings. The van der Waals surface area contributed by atoms with Crippen LogP contribution in [-0.4, -0.2) is 91.0 Å². The van der Waals surface area contributed by atoms with Gasteiger partial charge in [-0.2, -0.15) is 8.42 Å². The Morgan fingerprint density at radius 1 is 0.760 bits per heavy atom. The van der Waals surface area contributed by atoms with E-state index in [0.29, 0.717) is 26.2 Å². The lowest BCUT2D eigenvalue weighted by Gasteiger charge is -2.14. The van der Waals surface area contributed by atoms with Crippen LogP contribution in [0.3, 0.4) is 0 Å². The van der Waals surface area contributed by atoms with E-state index in [0.717, 1.165) is 0 Å². The van der Waals surface area contributed by atoms with E-state index in [4.69, 9.17) is 0 Å². The maximum atomic E-state index is 12.4. The fourth-order valence-electron chi connectivity index (χ4n) is 2.78. The topological polar surface area (TPSA) is 106 Å². The lowest BCUT2D eigenvalue weighted by atomic mass is 10.5. The molecule has 0 radical (unpaired) electrons. The summed E-state index contributed by atoms with van der Waals surface area (Å²) in [5.74, 6) is 0.303. The van der Waals surface area contributed by atoms with Gasteiger partial charge >= 0.3 is 22.3 Å². The Morgan fingerprint density at radius 3 is 1.40 bits per heavy atom. The Balaban J connectivity index is 2.33. The van der Waals surface area contributed by atoms with Crippen molar-refractivity contribution in [1.82, 2.24) is 19.6 Å². The molecular formula is C14H24N6O4S. The van der Waals surface area contributed by atoms with Crippen LogP contribution < -0.4 is 0 Å². The summed E-state index contributed by atoms with van der Waals surface area (Å²) >= 11 is 0. The number of rotatable bonds is 6. The molecule has 2 fully saturated rings. The van der Waals surface area contributed by atoms with E-state index in [1.807, 2.05) is 13.8 Å². The fourth-order valence-corrected chi connectivity index (χ4v) is 3.67. The molecule has 0 N–H and O–H groups in total. The van der Waals surface area contributed by atoms with Gasteiger partial charge in [-0.25, -0.2) is 9.59 Å². The van der Waals surface area contributed by atoms with E-state index in [-0.39, 0.29) is 36.8 Å². The van der Waals surface area contributed by atoms with Crippen molar-refractivity contribution in [3.05, 3.63) is 0 Å². The molecular weight excluding hydrogens is 348 g/mol. The fraction of sp³-hybridized carbons (Fsp3) is 0.714. The van der Waals surface area contributed by atoms with Gasteiger partial charge in [0.15, 0.2) is 0 Å². The van der Waals surface area contributed by atoms with Crippen LogP contribution in [0.4, 0.5) is 9.59 Å². The summed E-state index contributed by atoms with van der Waals surface area (Å²) in [5.41, 5.74) is 0. The standard InChI is InChI=1S/C14H24N6O4S/c1-5-17-9-11(19(7-3)13(17)21)15-25(23,24)16-12-10-18(6-2)14(22)20(12)8-4/h5-10H2,1-4H3. The largest absolute Gasteiger partial charge is 0.366 e. The number of urea groups is 2. The smallest absolute Gasteiger partial charge is 0.317 e. The van der Waals surface area contributed by atoms with E-state index in [1.165, 1.54) is 19.6 Å². The third-order valence-corrected chi connectivity index (χ3v) is 5.01. The third-order valence-electron chi connectivity index (χ3n) is 4.13. The van der Waals surface area contributed by atoms with Gasteiger partial charge in [-0.15, -0.1) is 8.80 Å². The maximum absolute atomic E-state index is 12.4. The number of likely N-dealkylation sites (N-methyl/N-ethyl adjacent to an activating group) is 4. The van der Waals surface area contributed by atoms with E-state index < -0.39 is 10.2 Å². The summed E-state index contributed by atoms with van der Waals surface area (Å²) < 4.78 is 32.2. The molecule has 2 rings (SSSR count). The summed E-state index contributed by atoms with van der Waals surface area (Å²) in [5, 5.41) is 0. The zero-order chi connectivity index (χ0) is 18.8. The summed E-state index contributed by atoms with van der Waals surface area (Å²) in [6.07, 6.45) is 0. The minimum atomic E-state index is -4.21. The average molecular weight is 372 g/mol. The summed E-state index contributed by atoms with van der Waals surface area (Å²) in [6.45, 7) is 8.96. The second kappa shape index (κ2) is 7.38. The molecule has 2 aliphatic rings. The van der Waals surface area contributed by atoms with Crippen molar-refractivity contribution in [1.29, 1.82) is 0 Å². The van der Waals surface area contributed by atoms with Crippen LogP contribution >= 0.6 is 0 Å². The number of amides is 4. The molecule has 140 valence electrons. The maximum Gasteiger partial charge on any atom is 0.366 e. The quantitative estimate of drug-likeness (QED) is 0.680. The number of carbonyl (C=O) groups is 2. The molecule has 4 amide bonds. The zero-order valence-corrected chi connectivity index (χ0v) is 15.8. The van der Waals surface area contributed by atoms with E-state index >= 15 is 0 Å². The number of hydrogen-bond acceptors (Lipinski definition) is 4. The van der Waals surface area contributed by atoms with Crippen molar-refractivity contribution >= 4 is 33.9 Å². The van der Waals surface area contributed by atoms with Gasteiger partial charge < -0.3 is 9.80 Å². The van der Waals surface area contributed by atoms with Gasteiger partial charge in [0.1, 0.15) is 11.7 Å². The van der Waals surface area contributed by atoms with Gasteiger partial charge in [0.25, 0.3) is 0 Å². The molecule has 0 saturated carbocycles. The highest BCUT2D eigenvalue weighted by Gasteiger charge is 2.35. The molecule has 25 heavy (non-hydrogen) atoms. The predicted octanol–water partition coefficient (Wildman–Crippen LogP) is 0.583. The first kappa shape index (κ1) is 19.2. The van der Waals surface area contributed by atoms with Crippen molar-refractivity contribution < 1.29 is 18.0 Å². The van der Waals surface area contributed by atoms with Crippen LogP contribution in [0.2, 0.25) is 0 Å². The van der Waals surface area contributed by atoms with Gasteiger partial charge in [-0.1, -0.05) is 0 Å². The number of nitrogens with zero attached hydrogens (tertiary/aromatic N) is 6. The zero-order valence-electron chi connectivity index (χ0n) is 15.0. The van der Waals surface area contributed by atoms with Crippen LogP contribution in [-0.2, 0) is 10.2 Å². The first-order valence-electron chi connectivity index (χ1n) is 8.33. The first-order valence-corrected chi connectivity index (χ1v) is 9.73. The first-order chi connectivity index (χ1) is 11.8. The third kappa shape index (κ3) is 3.75. The molecule has 0 atom stereocenters. The van der Waals surface area contributed by atoms with Crippen molar-refractivity contribution in [3.8, 4) is 0 Å². The molecule has 0 aliphatic carbocycles. The van der Waals surface area contributed by atoms with Crippen molar-refractivity contribution in [2.75, 3.05) is 39.3 Å². The van der Waals surface area contributed by atoms with E-state index in [2.05, 4.69) is 8.80 Å². The van der Waals surface area contributed by atoms with E-state index in [9.17, 15) is 18.0 Å². The number of amidine groups is 2. The lowest BCUT2D eigenvalue weighted by molar-refractivity contribution is 0.199. The Labute approximate surface area is 148 Å². The lowest BCUT2D eigenvalue weighted by Crippen LogP contribution is -2.33. The highest BCUT2D eigenvalue weighted by atomic mass is 32.2. The van der Waals surface area contributed by atoms with Gasteiger partial charge in [0, 0.05) is 26.2 Å². The molecule has 11 heteroatoms. The molecule has 2 heterocycles. The molecule has 0 unspecified atom stereocenters.